The third-order valence-electron chi connectivity index (χ3n) is 5.41. The Morgan fingerprint density at radius 1 is 0.913 bits per heavy atom. The number of hydrogen-bond donors (Lipinski definition) is 0. The van der Waals surface area contributed by atoms with Gasteiger partial charge in [-0.05, 0) is 49.4 Å². The molecule has 1 aliphatic rings. The molecule has 0 atom stereocenters. The maximum atomic E-state index is 2.45. The van der Waals surface area contributed by atoms with Gasteiger partial charge in [0.05, 0.1) is 0 Å². The van der Waals surface area contributed by atoms with Gasteiger partial charge in [0.15, 0.2) is 0 Å². The van der Waals surface area contributed by atoms with Crippen LogP contribution in [-0.4, -0.2) is 0 Å². The molecule has 0 unspecified atom stereocenters. The predicted octanol–water partition coefficient (Wildman–Crippen LogP) is 5.30. The first-order valence-corrected chi connectivity index (χ1v) is 8.73. The van der Waals surface area contributed by atoms with Gasteiger partial charge in [-0.1, -0.05) is 43.2 Å². The van der Waals surface area contributed by atoms with Gasteiger partial charge in [0.1, 0.15) is 7.05 Å². The van der Waals surface area contributed by atoms with Gasteiger partial charge in [-0.2, -0.15) is 4.57 Å². The van der Waals surface area contributed by atoms with E-state index in [9.17, 15) is 0 Å². The smallest absolute Gasteiger partial charge is 0.194 e. The quantitative estimate of drug-likeness (QED) is 0.566. The molecule has 1 heterocycles. The average molecular weight is 302 g/mol. The van der Waals surface area contributed by atoms with Crippen LogP contribution in [0, 0.1) is 6.92 Å². The summed E-state index contributed by atoms with van der Waals surface area (Å²) in [7, 11) is 2.22. The summed E-state index contributed by atoms with van der Waals surface area (Å²) in [6.45, 7) is 2.23. The zero-order valence-electron chi connectivity index (χ0n) is 14.0. The minimum Gasteiger partial charge on any atom is -0.194 e. The second-order valence-corrected chi connectivity index (χ2v) is 6.86. The van der Waals surface area contributed by atoms with Crippen molar-refractivity contribution in [2.75, 3.05) is 0 Å². The van der Waals surface area contributed by atoms with Crippen LogP contribution in [0.3, 0.4) is 0 Å². The van der Waals surface area contributed by atoms with Gasteiger partial charge in [-0.15, -0.1) is 0 Å². The molecule has 0 radical (unpaired) electrons. The first-order valence-electron chi connectivity index (χ1n) is 8.73. The minimum absolute atomic E-state index is 0.709. The third kappa shape index (κ3) is 2.45. The van der Waals surface area contributed by atoms with Gasteiger partial charge in [0, 0.05) is 22.6 Å². The maximum Gasteiger partial charge on any atom is 0.216 e. The van der Waals surface area contributed by atoms with Crippen LogP contribution in [-0.2, 0) is 7.05 Å². The monoisotopic (exact) mass is 302 g/mol. The summed E-state index contributed by atoms with van der Waals surface area (Å²) in [4.78, 5) is 0. The van der Waals surface area contributed by atoms with Crippen molar-refractivity contribution in [1.82, 2.24) is 0 Å². The Balaban J connectivity index is 2.05. The molecular formula is C22H24N+. The Morgan fingerprint density at radius 2 is 1.61 bits per heavy atom. The molecule has 0 bridgehead atoms. The molecule has 1 heteroatoms. The summed E-state index contributed by atoms with van der Waals surface area (Å²) in [6.07, 6.45) is 5.40. The van der Waals surface area contributed by atoms with Gasteiger partial charge in [0.25, 0.3) is 0 Å². The minimum atomic E-state index is 0.709. The zero-order chi connectivity index (χ0) is 15.8. The fourth-order valence-electron chi connectivity index (χ4n) is 4.19. The number of rotatable bonds is 2. The zero-order valence-corrected chi connectivity index (χ0v) is 14.0. The second kappa shape index (κ2) is 5.81. The lowest BCUT2D eigenvalue weighted by molar-refractivity contribution is -0.634. The highest BCUT2D eigenvalue weighted by atomic mass is 14.9. The van der Waals surface area contributed by atoms with Crippen LogP contribution < -0.4 is 4.57 Å². The lowest BCUT2D eigenvalue weighted by Crippen LogP contribution is -2.34. The number of benzene rings is 2. The van der Waals surface area contributed by atoms with E-state index in [1.54, 1.807) is 0 Å². The van der Waals surface area contributed by atoms with E-state index in [0.29, 0.717) is 5.92 Å². The average Bonchev–Trinajstić information content (AvgIpc) is 3.10. The number of nitrogens with zero attached hydrogens (tertiary/aromatic N) is 1. The fraction of sp³-hybridized carbons (Fsp3) is 0.318. The lowest BCUT2D eigenvalue weighted by atomic mass is 9.90. The van der Waals surface area contributed by atoms with E-state index in [1.807, 2.05) is 0 Å². The summed E-state index contributed by atoms with van der Waals surface area (Å²) < 4.78 is 2.41. The van der Waals surface area contributed by atoms with Crippen molar-refractivity contribution in [3.05, 3.63) is 65.7 Å². The van der Waals surface area contributed by atoms with Crippen LogP contribution in [0.4, 0.5) is 0 Å². The molecular weight excluding hydrogens is 278 g/mol. The van der Waals surface area contributed by atoms with Crippen molar-refractivity contribution in [1.29, 1.82) is 0 Å². The van der Waals surface area contributed by atoms with Crippen molar-refractivity contribution in [2.24, 2.45) is 7.05 Å². The highest BCUT2D eigenvalue weighted by molar-refractivity contribution is 5.80. The molecule has 0 spiro atoms. The van der Waals surface area contributed by atoms with Crippen LogP contribution in [0.25, 0.3) is 22.2 Å². The van der Waals surface area contributed by atoms with E-state index < -0.39 is 0 Å². The highest BCUT2D eigenvalue weighted by Gasteiger charge is 2.28. The fourth-order valence-corrected chi connectivity index (χ4v) is 4.19. The molecule has 0 aliphatic heterocycles. The number of fused-ring (bicyclic) bond motifs is 1. The van der Waals surface area contributed by atoms with E-state index in [4.69, 9.17) is 0 Å². The summed E-state index contributed by atoms with van der Waals surface area (Å²) in [5, 5.41) is 1.36. The number of aryl methyl sites for hydroxylation is 2. The Bertz CT molecular complexity index is 857. The van der Waals surface area contributed by atoms with Gasteiger partial charge in [0.2, 0.25) is 11.2 Å². The van der Waals surface area contributed by atoms with Crippen molar-refractivity contribution in [3.8, 4) is 11.3 Å². The molecule has 1 fully saturated rings. The third-order valence-corrected chi connectivity index (χ3v) is 5.41. The Kier molecular flexibility index (Phi) is 3.65. The van der Waals surface area contributed by atoms with Crippen molar-refractivity contribution in [2.45, 2.75) is 38.5 Å². The van der Waals surface area contributed by atoms with Crippen LogP contribution in [0.15, 0.2) is 54.6 Å². The van der Waals surface area contributed by atoms with Crippen molar-refractivity contribution < 1.29 is 4.57 Å². The van der Waals surface area contributed by atoms with E-state index in [-0.39, 0.29) is 0 Å². The molecule has 1 nitrogen and oxygen atoms in total. The Labute approximate surface area is 138 Å². The molecule has 0 amide bonds. The SMILES string of the molecule is Cc1ccccc1-c1c(C2CCCC2)cc2ccccc2[n+]1C. The second-order valence-electron chi connectivity index (χ2n) is 6.86. The highest BCUT2D eigenvalue weighted by Crippen LogP contribution is 2.39. The van der Waals surface area contributed by atoms with Crippen LogP contribution >= 0.6 is 0 Å². The van der Waals surface area contributed by atoms with Gasteiger partial charge < -0.3 is 0 Å². The topological polar surface area (TPSA) is 3.88 Å². The standard InChI is InChI=1S/C22H24N/c1-16-9-3-7-13-19(16)22-20(17-10-4-5-11-17)15-18-12-6-8-14-21(18)23(22)2/h3,6-9,12-15,17H,4-5,10-11H2,1-2H3/q+1. The van der Waals surface area contributed by atoms with E-state index in [2.05, 4.69) is 73.1 Å². The first-order chi connectivity index (χ1) is 11.3. The van der Waals surface area contributed by atoms with Gasteiger partial charge >= 0.3 is 0 Å². The molecule has 3 aromatic rings. The molecule has 116 valence electrons. The number of aromatic nitrogens is 1. The molecule has 1 aromatic heterocycles. The summed E-state index contributed by atoms with van der Waals surface area (Å²) >= 11 is 0. The van der Waals surface area contributed by atoms with Crippen molar-refractivity contribution >= 4 is 10.9 Å². The summed E-state index contributed by atoms with van der Waals surface area (Å²) in [5.41, 5.74) is 7.00. The Morgan fingerprint density at radius 3 is 2.39 bits per heavy atom. The van der Waals surface area contributed by atoms with Gasteiger partial charge in [-0.3, -0.25) is 0 Å². The van der Waals surface area contributed by atoms with Crippen LogP contribution in [0.5, 0.6) is 0 Å². The molecule has 4 rings (SSSR count). The lowest BCUT2D eigenvalue weighted by Gasteiger charge is -2.16. The largest absolute Gasteiger partial charge is 0.216 e. The molecule has 0 N–H and O–H groups in total. The van der Waals surface area contributed by atoms with Crippen LogP contribution in [0.1, 0.15) is 42.7 Å². The maximum absolute atomic E-state index is 2.45. The molecule has 1 aliphatic carbocycles. The molecule has 2 aromatic carbocycles. The Hall–Kier alpha value is -2.15. The van der Waals surface area contributed by atoms with Crippen molar-refractivity contribution in [3.63, 3.8) is 0 Å². The summed E-state index contributed by atoms with van der Waals surface area (Å²) in [5.74, 6) is 0.709. The number of para-hydroxylation sites is 1. The van der Waals surface area contributed by atoms with E-state index in [1.165, 1.54) is 59.0 Å². The normalized spacial score (nSPS) is 15.4. The van der Waals surface area contributed by atoms with Crippen LogP contribution in [0.2, 0.25) is 0 Å². The molecule has 1 saturated carbocycles. The van der Waals surface area contributed by atoms with E-state index in [0.717, 1.165) is 0 Å². The molecule has 23 heavy (non-hydrogen) atoms. The van der Waals surface area contributed by atoms with Gasteiger partial charge in [-0.25, -0.2) is 0 Å². The first kappa shape index (κ1) is 14.4. The number of pyridine rings is 1. The summed E-state index contributed by atoms with van der Waals surface area (Å²) in [6, 6.07) is 20.0. The van der Waals surface area contributed by atoms with E-state index >= 15 is 0 Å². The molecule has 0 saturated heterocycles. The predicted molar refractivity (Wildman–Crippen MR) is 96.5 cm³/mol. The number of hydrogen-bond acceptors (Lipinski definition) is 0.